The molecular formula is C25H40N2O3S. The van der Waals surface area contributed by atoms with E-state index in [9.17, 15) is 13.2 Å². The van der Waals surface area contributed by atoms with Crippen LogP contribution in [0.2, 0.25) is 0 Å². The van der Waals surface area contributed by atoms with Crippen molar-refractivity contribution in [2.75, 3.05) is 6.54 Å². The number of carbonyl (C=O) groups is 1. The summed E-state index contributed by atoms with van der Waals surface area (Å²) >= 11 is 0. The van der Waals surface area contributed by atoms with Crippen molar-refractivity contribution in [2.24, 2.45) is 22.7 Å². The average molecular weight is 449 g/mol. The molecule has 0 bridgehead atoms. The van der Waals surface area contributed by atoms with Crippen molar-refractivity contribution in [3.05, 3.63) is 27.8 Å². The summed E-state index contributed by atoms with van der Waals surface area (Å²) < 4.78 is 30.1. The zero-order valence-corrected chi connectivity index (χ0v) is 21.9. The Morgan fingerprint density at radius 3 is 1.84 bits per heavy atom. The maximum Gasteiger partial charge on any atom is 0.241 e. The van der Waals surface area contributed by atoms with Crippen molar-refractivity contribution < 1.29 is 13.2 Å². The number of likely N-dealkylation sites (tertiary alicyclic amines) is 1. The third-order valence-electron chi connectivity index (χ3n) is 8.41. The van der Waals surface area contributed by atoms with Crippen LogP contribution in [-0.4, -0.2) is 37.9 Å². The number of benzene rings is 1. The lowest BCUT2D eigenvalue weighted by atomic mass is 9.86. The van der Waals surface area contributed by atoms with Gasteiger partial charge in [0.15, 0.2) is 0 Å². The molecule has 2 aliphatic rings. The van der Waals surface area contributed by atoms with E-state index in [1.807, 2.05) is 60.3 Å². The molecule has 2 fully saturated rings. The lowest BCUT2D eigenvalue weighted by Crippen LogP contribution is -2.56. The summed E-state index contributed by atoms with van der Waals surface area (Å²) in [5.74, 6) is 0.901. The van der Waals surface area contributed by atoms with E-state index in [1.54, 1.807) is 0 Å². The fourth-order valence-corrected chi connectivity index (χ4v) is 7.80. The van der Waals surface area contributed by atoms with Gasteiger partial charge in [-0.3, -0.25) is 4.79 Å². The third-order valence-corrected chi connectivity index (χ3v) is 10.1. The number of piperidine rings is 1. The Bertz CT molecular complexity index is 1000. The normalized spacial score (nSPS) is 26.0. The van der Waals surface area contributed by atoms with Crippen LogP contribution in [-0.2, 0) is 14.8 Å². The van der Waals surface area contributed by atoms with Crippen LogP contribution in [0.3, 0.4) is 0 Å². The molecule has 1 aromatic rings. The summed E-state index contributed by atoms with van der Waals surface area (Å²) in [6, 6.07) is -0.685. The molecule has 1 aromatic carbocycles. The molecular weight excluding hydrogens is 408 g/mol. The van der Waals surface area contributed by atoms with Gasteiger partial charge in [0.05, 0.1) is 4.90 Å². The lowest BCUT2D eigenvalue weighted by molar-refractivity contribution is -0.137. The van der Waals surface area contributed by atoms with E-state index in [4.69, 9.17) is 0 Å². The number of fused-ring (bicyclic) bond motifs is 1. The van der Waals surface area contributed by atoms with Gasteiger partial charge in [-0.25, -0.2) is 8.42 Å². The Kier molecular flexibility index (Phi) is 5.72. The van der Waals surface area contributed by atoms with Crippen molar-refractivity contribution in [2.45, 2.75) is 93.1 Å². The SMILES string of the molecule is Cc1c(C)c(C)c(S(=O)(=O)N[C@H](C(=O)N2C[C@H]3[C@@H]([C@H]2C)C3(C)C)C(C)(C)C)c(C)c1C. The second-order valence-electron chi connectivity index (χ2n) is 11.6. The van der Waals surface area contributed by atoms with Crippen LogP contribution in [0.25, 0.3) is 0 Å². The summed E-state index contributed by atoms with van der Waals surface area (Å²) in [4.78, 5) is 15.9. The monoisotopic (exact) mass is 448 g/mol. The maximum absolute atomic E-state index is 13.6. The molecule has 6 heteroatoms. The molecule has 1 heterocycles. The molecule has 1 aliphatic carbocycles. The molecule has 31 heavy (non-hydrogen) atoms. The summed E-state index contributed by atoms with van der Waals surface area (Å²) in [5.41, 5.74) is 4.32. The van der Waals surface area contributed by atoms with Gasteiger partial charge in [-0.1, -0.05) is 34.6 Å². The van der Waals surface area contributed by atoms with Crippen LogP contribution < -0.4 is 4.72 Å². The molecule has 3 rings (SSSR count). The highest BCUT2D eigenvalue weighted by Crippen LogP contribution is 2.64. The fourth-order valence-electron chi connectivity index (χ4n) is 5.80. The molecule has 1 saturated carbocycles. The van der Waals surface area contributed by atoms with Gasteiger partial charge in [-0.05, 0) is 92.0 Å². The Hall–Kier alpha value is -1.40. The topological polar surface area (TPSA) is 66.5 Å². The predicted octanol–water partition coefficient (Wildman–Crippen LogP) is 4.42. The average Bonchev–Trinajstić information content (AvgIpc) is 2.97. The number of rotatable bonds is 4. The van der Waals surface area contributed by atoms with Gasteiger partial charge in [0.2, 0.25) is 15.9 Å². The highest BCUT2D eigenvalue weighted by atomic mass is 32.2. The van der Waals surface area contributed by atoms with Gasteiger partial charge >= 0.3 is 0 Å². The first kappa shape index (κ1) is 24.2. The van der Waals surface area contributed by atoms with Gasteiger partial charge in [0, 0.05) is 12.6 Å². The summed E-state index contributed by atoms with van der Waals surface area (Å²) in [6.07, 6.45) is 0. The van der Waals surface area contributed by atoms with E-state index in [-0.39, 0.29) is 17.4 Å². The van der Waals surface area contributed by atoms with E-state index >= 15 is 0 Å². The fraction of sp³-hybridized carbons (Fsp3) is 0.720. The highest BCUT2D eigenvalue weighted by molar-refractivity contribution is 7.89. The van der Waals surface area contributed by atoms with Crippen molar-refractivity contribution in [3.63, 3.8) is 0 Å². The molecule has 4 atom stereocenters. The van der Waals surface area contributed by atoms with Crippen LogP contribution in [0, 0.1) is 57.3 Å². The Morgan fingerprint density at radius 1 is 1.00 bits per heavy atom. The second-order valence-corrected chi connectivity index (χ2v) is 13.2. The van der Waals surface area contributed by atoms with Crippen molar-refractivity contribution in [3.8, 4) is 0 Å². The van der Waals surface area contributed by atoms with Gasteiger partial charge in [0.25, 0.3) is 0 Å². The first-order valence-electron chi connectivity index (χ1n) is 11.3. The number of hydrogen-bond donors (Lipinski definition) is 1. The second kappa shape index (κ2) is 7.31. The molecule has 1 saturated heterocycles. The summed E-state index contributed by atoms with van der Waals surface area (Å²) in [7, 11) is -3.88. The molecule has 0 aromatic heterocycles. The van der Waals surface area contributed by atoms with E-state index < -0.39 is 21.5 Å². The highest BCUT2D eigenvalue weighted by Gasteiger charge is 2.66. The quantitative estimate of drug-likeness (QED) is 0.741. The van der Waals surface area contributed by atoms with E-state index in [2.05, 4.69) is 25.5 Å². The minimum absolute atomic E-state index is 0.109. The number of nitrogens with zero attached hydrogens (tertiary/aromatic N) is 1. The largest absolute Gasteiger partial charge is 0.338 e. The molecule has 0 spiro atoms. The number of sulfonamides is 1. The zero-order valence-electron chi connectivity index (χ0n) is 21.1. The lowest BCUT2D eigenvalue weighted by Gasteiger charge is -2.37. The molecule has 1 aliphatic heterocycles. The van der Waals surface area contributed by atoms with Crippen molar-refractivity contribution in [1.29, 1.82) is 0 Å². The molecule has 174 valence electrons. The Balaban J connectivity index is 1.97. The molecule has 1 amide bonds. The number of amides is 1. The summed E-state index contributed by atoms with van der Waals surface area (Å²) in [6.45, 7) is 22.8. The standard InChI is InChI=1S/C25H40N2O3S/c1-13-14(2)16(4)21(17(5)15(13)3)31(29,30)26-22(24(7,8)9)23(28)27-12-19-20(18(27)6)25(19,10)11/h18-20,22,26H,12H2,1-11H3/t18-,19+,20-,22-/m1/s1. The van der Waals surface area contributed by atoms with Gasteiger partial charge in [-0.15, -0.1) is 0 Å². The smallest absolute Gasteiger partial charge is 0.241 e. The van der Waals surface area contributed by atoms with Gasteiger partial charge in [-0.2, -0.15) is 4.72 Å². The third kappa shape index (κ3) is 3.74. The van der Waals surface area contributed by atoms with Crippen molar-refractivity contribution in [1.82, 2.24) is 9.62 Å². The van der Waals surface area contributed by atoms with Crippen LogP contribution in [0.1, 0.15) is 69.4 Å². The van der Waals surface area contributed by atoms with E-state index in [0.29, 0.717) is 23.3 Å². The summed E-state index contributed by atoms with van der Waals surface area (Å²) in [5, 5.41) is 0. The Morgan fingerprint density at radius 2 is 1.45 bits per heavy atom. The first-order chi connectivity index (χ1) is 13.9. The molecule has 1 N–H and O–H groups in total. The van der Waals surface area contributed by atoms with E-state index in [1.165, 1.54) is 0 Å². The van der Waals surface area contributed by atoms with Gasteiger partial charge in [0.1, 0.15) is 6.04 Å². The number of nitrogens with one attached hydrogen (secondary N) is 1. The predicted molar refractivity (Wildman–Crippen MR) is 126 cm³/mol. The zero-order chi connectivity index (χ0) is 23.8. The van der Waals surface area contributed by atoms with Crippen LogP contribution in [0.15, 0.2) is 4.90 Å². The van der Waals surface area contributed by atoms with Crippen LogP contribution >= 0.6 is 0 Å². The molecule has 5 nitrogen and oxygen atoms in total. The number of hydrogen-bond acceptors (Lipinski definition) is 3. The minimum atomic E-state index is -3.88. The first-order valence-corrected chi connectivity index (χ1v) is 12.8. The van der Waals surface area contributed by atoms with Crippen LogP contribution in [0.4, 0.5) is 0 Å². The number of carbonyl (C=O) groups excluding carboxylic acids is 1. The molecule has 0 radical (unpaired) electrons. The van der Waals surface area contributed by atoms with E-state index in [0.717, 1.165) is 27.8 Å². The molecule has 0 unspecified atom stereocenters. The van der Waals surface area contributed by atoms with Crippen molar-refractivity contribution >= 4 is 15.9 Å². The van der Waals surface area contributed by atoms with Crippen LogP contribution in [0.5, 0.6) is 0 Å². The Labute approximate surface area is 189 Å². The minimum Gasteiger partial charge on any atom is -0.338 e. The van der Waals surface area contributed by atoms with Gasteiger partial charge < -0.3 is 4.90 Å². The maximum atomic E-state index is 13.6.